The second-order valence-corrected chi connectivity index (χ2v) is 29.5. The number of nitrogens with one attached hydrogen (secondary N) is 1. The van der Waals surface area contributed by atoms with Gasteiger partial charge in [-0.25, -0.2) is 33.6 Å². The predicted octanol–water partition coefficient (Wildman–Crippen LogP) is 14.1. The van der Waals surface area contributed by atoms with Crippen LogP contribution in [0, 0.1) is 0 Å². The van der Waals surface area contributed by atoms with Gasteiger partial charge in [0, 0.05) is 50.9 Å². The van der Waals surface area contributed by atoms with E-state index in [1.807, 2.05) is 170 Å². The third-order valence-electron chi connectivity index (χ3n) is 21.8. The molecule has 6 aliphatic rings. The van der Waals surface area contributed by atoms with E-state index in [2.05, 4.69) is 55.9 Å². The highest BCUT2D eigenvalue weighted by molar-refractivity contribution is 5.92. The molecule has 0 saturated carbocycles. The maximum absolute atomic E-state index is 13.3. The molecule has 3 N–H and O–H groups in total. The molecule has 0 aromatic heterocycles. The third-order valence-corrected chi connectivity index (χ3v) is 21.8. The molecule has 5 amide bonds. The number of carbonyl (C=O) groups excluding carboxylic acids is 10. The average Bonchev–Trinajstić information content (AvgIpc) is 1.63. The Balaban J connectivity index is 0.000000161. The molecule has 8 aromatic carbocycles. The number of carboxylic acid groups (broad SMARTS) is 2. The van der Waals surface area contributed by atoms with E-state index in [0.29, 0.717) is 13.1 Å². The number of fused-ring (bicyclic) bond motifs is 12. The number of hydrogen-bond acceptors (Lipinski definition) is 21. The van der Waals surface area contributed by atoms with Crippen molar-refractivity contribution in [2.45, 2.75) is 92.8 Å². The molecule has 28 nitrogen and oxygen atoms in total. The maximum Gasteiger partial charge on any atom is 0.413 e. The van der Waals surface area contributed by atoms with E-state index in [9.17, 15) is 67.7 Å². The number of piperidine rings is 1. The number of nitrogens with zero attached hydrogens (tertiary/aromatic N) is 4. The Morgan fingerprint density at radius 1 is 0.411 bits per heavy atom. The van der Waals surface area contributed by atoms with Crippen LogP contribution in [0.1, 0.15) is 113 Å². The molecule has 2 saturated heterocycles. The van der Waals surface area contributed by atoms with Crippen molar-refractivity contribution in [1.82, 2.24) is 24.9 Å². The first-order valence-electron chi connectivity index (χ1n) is 40.4. The molecular weight excluding hydrogens is 1590 g/mol. The van der Waals surface area contributed by atoms with Gasteiger partial charge in [-0.1, -0.05) is 245 Å². The van der Waals surface area contributed by atoms with Crippen LogP contribution in [0.25, 0.3) is 44.5 Å². The molecular formula is C96H97N5O23. The number of rotatable bonds is 30. The van der Waals surface area contributed by atoms with Crippen LogP contribution in [-0.4, -0.2) is 213 Å². The maximum atomic E-state index is 13.3. The lowest BCUT2D eigenvalue weighted by Gasteiger charge is -2.33. The van der Waals surface area contributed by atoms with Crippen molar-refractivity contribution in [3.05, 3.63) is 289 Å². The molecule has 2 fully saturated rings. The summed E-state index contributed by atoms with van der Waals surface area (Å²) in [7, 11) is 2.80. The second kappa shape index (κ2) is 43.7. The number of hydrogen-bond donors (Lipinski definition) is 3. The number of alkyl carbamates (subject to hydrolysis) is 1. The van der Waals surface area contributed by atoms with Gasteiger partial charge in [-0.15, -0.1) is 0 Å². The number of aliphatic carboxylic acids is 2. The van der Waals surface area contributed by atoms with E-state index in [1.165, 1.54) is 43.3 Å². The summed E-state index contributed by atoms with van der Waals surface area (Å²) in [5.41, 5.74) is 17.5. The number of benzene rings is 8. The number of carbonyl (C=O) groups is 12. The molecule has 14 rings (SSSR count). The highest BCUT2D eigenvalue weighted by atomic mass is 16.6. The number of likely N-dealkylation sites (N-methyl/N-ethyl adjacent to an activating group) is 2. The van der Waals surface area contributed by atoms with Crippen LogP contribution in [-0.2, 0) is 81.0 Å². The van der Waals surface area contributed by atoms with E-state index < -0.39 is 103 Å². The number of likely N-dealkylation sites (tertiary alicyclic amines) is 1. The Kier molecular flexibility index (Phi) is 31.8. The van der Waals surface area contributed by atoms with Crippen LogP contribution >= 0.6 is 0 Å². The van der Waals surface area contributed by atoms with Gasteiger partial charge in [-0.3, -0.25) is 38.7 Å². The summed E-state index contributed by atoms with van der Waals surface area (Å²) in [6.45, 7) is 15.2. The molecule has 0 bridgehead atoms. The summed E-state index contributed by atoms with van der Waals surface area (Å²) in [5, 5.41) is 20.9. The first kappa shape index (κ1) is 90.3. The molecule has 0 radical (unpaired) electrons. The molecule has 2 aliphatic heterocycles. The fraction of sp³-hybridized carbons (Fsp3) is 0.292. The minimum atomic E-state index is -1.44. The van der Waals surface area contributed by atoms with E-state index in [0.717, 1.165) is 118 Å². The van der Waals surface area contributed by atoms with Crippen molar-refractivity contribution in [1.29, 1.82) is 0 Å². The molecule has 4 aliphatic carbocycles. The van der Waals surface area contributed by atoms with Crippen molar-refractivity contribution in [3.63, 3.8) is 0 Å². The van der Waals surface area contributed by atoms with Crippen LogP contribution in [0.15, 0.2) is 245 Å². The van der Waals surface area contributed by atoms with Crippen molar-refractivity contribution in [3.8, 4) is 44.5 Å². The van der Waals surface area contributed by atoms with Gasteiger partial charge in [-0.05, 0) is 108 Å². The normalized spacial score (nSPS) is 14.7. The number of ether oxygens (including phenoxy) is 9. The van der Waals surface area contributed by atoms with Crippen molar-refractivity contribution in [2.24, 2.45) is 0 Å². The monoisotopic (exact) mass is 1690 g/mol. The van der Waals surface area contributed by atoms with Crippen molar-refractivity contribution < 1.29 is 110 Å². The van der Waals surface area contributed by atoms with Crippen molar-refractivity contribution >= 4 is 72.1 Å². The zero-order valence-corrected chi connectivity index (χ0v) is 68.7. The lowest BCUT2D eigenvalue weighted by atomic mass is 9.98. The Morgan fingerprint density at radius 2 is 0.718 bits per heavy atom. The van der Waals surface area contributed by atoms with Gasteiger partial charge < -0.3 is 63.1 Å². The van der Waals surface area contributed by atoms with Gasteiger partial charge in [0.25, 0.3) is 0 Å². The minimum absolute atomic E-state index is 0.0279. The number of esters is 5. The molecule has 644 valence electrons. The SMILES string of the molecule is C=CCOC(=O)C[C@@H](C(=O)N1CCCCC1)N(C)C(=O)OCC1c2ccccc2-c2ccccc21.C=CCOC(=O)C[C@@H](C(=O)O)N(C)C(=O)OCC1c2ccccc2-c2ccccc21.C=CCOC(=O)C[C@H](NC(=O)OCC1c2ccccc2-c2ccccc21)C(=O)O.C=CCOC(=O)C[C@H]1C(=O)OCN1C(=O)OCC1c2ccccc2-c2ccccc21. The van der Waals surface area contributed by atoms with E-state index in [4.69, 9.17) is 42.6 Å². The Morgan fingerprint density at radius 3 is 1.06 bits per heavy atom. The molecule has 0 spiro atoms. The third kappa shape index (κ3) is 22.2. The lowest BCUT2D eigenvalue weighted by Crippen LogP contribution is -2.51. The van der Waals surface area contributed by atoms with Gasteiger partial charge in [0.15, 0.2) is 6.73 Å². The summed E-state index contributed by atoms with van der Waals surface area (Å²) in [5.74, 6) is -6.72. The van der Waals surface area contributed by atoms with Gasteiger partial charge >= 0.3 is 66.2 Å². The number of amides is 5. The van der Waals surface area contributed by atoms with Crippen LogP contribution in [0.4, 0.5) is 19.2 Å². The number of carboxylic acids is 2. The smallest absolute Gasteiger partial charge is 0.413 e. The molecule has 0 unspecified atom stereocenters. The van der Waals surface area contributed by atoms with Crippen molar-refractivity contribution in [2.75, 3.05) is 86.8 Å². The fourth-order valence-corrected chi connectivity index (χ4v) is 15.7. The highest BCUT2D eigenvalue weighted by Crippen LogP contribution is 2.49. The first-order valence-corrected chi connectivity index (χ1v) is 40.4. The summed E-state index contributed by atoms with van der Waals surface area (Å²) in [4.78, 5) is 151. The predicted molar refractivity (Wildman–Crippen MR) is 456 cm³/mol. The molecule has 28 heteroatoms. The molecule has 124 heavy (non-hydrogen) atoms. The number of cyclic esters (lactones) is 1. The minimum Gasteiger partial charge on any atom is -0.480 e. The first-order chi connectivity index (χ1) is 60.0. The summed E-state index contributed by atoms with van der Waals surface area (Å²) >= 11 is 0. The molecule has 8 aromatic rings. The Hall–Kier alpha value is -14.4. The zero-order valence-electron chi connectivity index (χ0n) is 68.7. The molecule has 4 atom stereocenters. The lowest BCUT2D eigenvalue weighted by molar-refractivity contribution is -0.151. The fourth-order valence-electron chi connectivity index (χ4n) is 15.7. The Labute approximate surface area is 717 Å². The van der Waals surface area contributed by atoms with Crippen LogP contribution < -0.4 is 5.32 Å². The topological polar surface area (TPSA) is 353 Å². The van der Waals surface area contributed by atoms with Gasteiger partial charge in [0.2, 0.25) is 5.91 Å². The quantitative estimate of drug-likeness (QED) is 0.0214. The average molecular weight is 1690 g/mol. The second-order valence-electron chi connectivity index (χ2n) is 29.5. The van der Waals surface area contributed by atoms with Gasteiger partial charge in [0.05, 0.1) is 25.7 Å². The zero-order chi connectivity index (χ0) is 88.3. The molecule has 2 heterocycles. The Bertz CT molecular complexity index is 5080. The van der Waals surface area contributed by atoms with Gasteiger partial charge in [-0.2, -0.15) is 0 Å². The van der Waals surface area contributed by atoms with Crippen LogP contribution in [0.5, 0.6) is 0 Å². The highest BCUT2D eigenvalue weighted by Gasteiger charge is 2.43. The van der Waals surface area contributed by atoms with E-state index >= 15 is 0 Å². The van der Waals surface area contributed by atoms with Gasteiger partial charge in [0.1, 0.15) is 77.0 Å². The van der Waals surface area contributed by atoms with E-state index in [-0.39, 0.29) is 102 Å². The largest absolute Gasteiger partial charge is 0.480 e. The standard InChI is InChI=1S/C28H32N2O5.C23H21NO6.C23H23NO6.C22H21NO6/c1-3-17-34-26(31)18-25(27(32)30-15-9-4-10-16-30)29(2)28(33)35-19-24-22-13-7-5-11-20(22)21-12-6-8-14-23(21)24;1-2-11-28-21(25)12-20-22(26)30-14-24(20)23(27)29-13-19-17-9-5-3-7-15(17)16-8-4-6-10-18(16)19;1-3-12-29-21(25)13-20(22(26)27)24(2)23(28)30-14-19-17-10-6-4-8-15(17)16-9-5-7-11-18(16)19;1-2-11-28-20(24)12-19(21(25)26)23-22(27)29-13-18-16-9-5-3-7-14(16)15-8-4-6-10-17(15)18/h3,5-8,11-14,24-25H,1,4,9-10,15-19H2,2H3;2-10,19-20H,1,11-14H2;3-11,19-20H,1,12-14H2,2H3,(H,26,27);2-10,18-19H,1,11-13H2,(H,23,27)(H,25,26)/t25-;2*20-;19-/m0000/s1. The summed E-state index contributed by atoms with van der Waals surface area (Å²) in [6, 6.07) is 58.9. The van der Waals surface area contributed by atoms with Crippen LogP contribution in [0.3, 0.4) is 0 Å². The summed E-state index contributed by atoms with van der Waals surface area (Å²) < 4.78 is 46.6. The van der Waals surface area contributed by atoms with E-state index in [1.54, 1.807) is 4.90 Å². The van der Waals surface area contributed by atoms with Crippen LogP contribution in [0.2, 0.25) is 0 Å². The summed E-state index contributed by atoms with van der Waals surface area (Å²) in [6.07, 6.45) is 3.94.